The molecule has 1 aromatic carbocycles. The number of hydrogen-bond donors (Lipinski definition) is 1. The molecule has 3 rings (SSSR count). The molecular formula is C16H19BrN2OS. The van der Waals surface area contributed by atoms with Gasteiger partial charge in [-0.15, -0.1) is 11.3 Å². The first kappa shape index (κ1) is 15.0. The number of benzene rings is 1. The maximum atomic E-state index is 5.84. The molecule has 0 bridgehead atoms. The number of ether oxygens (including phenoxy) is 1. The van der Waals surface area contributed by atoms with Gasteiger partial charge in [0, 0.05) is 16.3 Å². The minimum absolute atomic E-state index is 0.249. The van der Waals surface area contributed by atoms with E-state index >= 15 is 0 Å². The summed E-state index contributed by atoms with van der Waals surface area (Å²) in [4.78, 5) is 4.49. The zero-order valence-electron chi connectivity index (χ0n) is 12.1. The van der Waals surface area contributed by atoms with Crippen molar-refractivity contribution in [1.29, 1.82) is 0 Å². The second kappa shape index (κ2) is 6.90. The Balaban J connectivity index is 1.86. The molecule has 1 N–H and O–H groups in total. The summed E-state index contributed by atoms with van der Waals surface area (Å²) >= 11 is 5.27. The van der Waals surface area contributed by atoms with Gasteiger partial charge in [0.15, 0.2) is 0 Å². The van der Waals surface area contributed by atoms with Crippen LogP contribution in [0.5, 0.6) is 5.75 Å². The third kappa shape index (κ3) is 3.47. The van der Waals surface area contributed by atoms with Gasteiger partial charge in [-0.1, -0.05) is 22.9 Å². The van der Waals surface area contributed by atoms with Gasteiger partial charge in [-0.3, -0.25) is 0 Å². The van der Waals surface area contributed by atoms with Gasteiger partial charge >= 0.3 is 0 Å². The van der Waals surface area contributed by atoms with Crippen LogP contribution in [0.15, 0.2) is 27.5 Å². The van der Waals surface area contributed by atoms with Crippen LogP contribution < -0.4 is 10.1 Å². The largest absolute Gasteiger partial charge is 0.493 e. The molecule has 0 aliphatic carbocycles. The number of thiazole rings is 1. The number of fused-ring (bicyclic) bond motifs is 1. The van der Waals surface area contributed by atoms with Crippen LogP contribution in [0.25, 0.3) is 0 Å². The second-order valence-electron chi connectivity index (χ2n) is 5.28. The Bertz CT molecular complexity index is 601. The molecule has 2 aromatic rings. The van der Waals surface area contributed by atoms with Gasteiger partial charge in [0.05, 0.1) is 23.9 Å². The van der Waals surface area contributed by atoms with Crippen LogP contribution in [-0.4, -0.2) is 18.1 Å². The second-order valence-corrected chi connectivity index (χ2v) is 6.91. The molecular weight excluding hydrogens is 348 g/mol. The van der Waals surface area contributed by atoms with Gasteiger partial charge in [-0.05, 0) is 42.6 Å². The van der Waals surface area contributed by atoms with Crippen molar-refractivity contribution in [1.82, 2.24) is 10.3 Å². The summed E-state index contributed by atoms with van der Waals surface area (Å²) in [6, 6.07) is 4.60. The lowest BCUT2D eigenvalue weighted by molar-refractivity contribution is 0.351. The van der Waals surface area contributed by atoms with Gasteiger partial charge < -0.3 is 10.1 Å². The first-order valence-electron chi connectivity index (χ1n) is 7.33. The first-order valence-corrected chi connectivity index (χ1v) is 9.07. The number of halogens is 1. The van der Waals surface area contributed by atoms with E-state index in [0.29, 0.717) is 0 Å². The SMILES string of the molecule is CCCNC(Cc1cc(Br)cc2c1OCC2)c1cscn1. The van der Waals surface area contributed by atoms with Crippen molar-refractivity contribution in [3.05, 3.63) is 44.3 Å². The molecule has 21 heavy (non-hydrogen) atoms. The monoisotopic (exact) mass is 366 g/mol. The maximum Gasteiger partial charge on any atom is 0.125 e. The highest BCUT2D eigenvalue weighted by molar-refractivity contribution is 9.10. The molecule has 0 fully saturated rings. The minimum atomic E-state index is 0.249. The molecule has 0 radical (unpaired) electrons. The van der Waals surface area contributed by atoms with E-state index in [9.17, 15) is 0 Å². The standard InChI is InChI=1S/C16H19BrN2OS/c1-2-4-18-14(15-9-21-10-19-15)8-12-7-13(17)6-11-3-5-20-16(11)12/h6-7,9-10,14,18H,2-5,8H2,1H3. The molecule has 1 aromatic heterocycles. The average Bonchev–Trinajstić information content (AvgIpc) is 3.13. The Labute approximate surface area is 137 Å². The number of nitrogens with zero attached hydrogens (tertiary/aromatic N) is 1. The van der Waals surface area contributed by atoms with Crippen LogP contribution in [0.3, 0.4) is 0 Å². The van der Waals surface area contributed by atoms with Gasteiger partial charge in [-0.25, -0.2) is 4.98 Å². The van der Waals surface area contributed by atoms with Crippen molar-refractivity contribution < 1.29 is 4.74 Å². The highest BCUT2D eigenvalue weighted by Gasteiger charge is 2.21. The number of aromatic nitrogens is 1. The van der Waals surface area contributed by atoms with E-state index in [2.05, 4.69) is 50.7 Å². The van der Waals surface area contributed by atoms with Crippen LogP contribution in [0.1, 0.15) is 36.2 Å². The molecule has 0 amide bonds. The zero-order valence-corrected chi connectivity index (χ0v) is 14.5. The molecule has 0 saturated carbocycles. The summed E-state index contributed by atoms with van der Waals surface area (Å²) < 4.78 is 6.97. The van der Waals surface area contributed by atoms with E-state index in [0.717, 1.165) is 48.3 Å². The fourth-order valence-corrected chi connectivity index (χ4v) is 3.87. The Morgan fingerprint density at radius 3 is 3.14 bits per heavy atom. The molecule has 1 aliphatic heterocycles. The normalized spacial score (nSPS) is 14.8. The van der Waals surface area contributed by atoms with E-state index in [1.165, 1.54) is 11.1 Å². The highest BCUT2D eigenvalue weighted by atomic mass is 79.9. The zero-order chi connectivity index (χ0) is 14.7. The summed E-state index contributed by atoms with van der Waals surface area (Å²) in [7, 11) is 0. The smallest absolute Gasteiger partial charge is 0.125 e. The molecule has 2 heterocycles. The Hall–Kier alpha value is -0.910. The molecule has 1 aliphatic rings. The predicted molar refractivity (Wildman–Crippen MR) is 90.2 cm³/mol. The van der Waals surface area contributed by atoms with Gasteiger partial charge in [0.25, 0.3) is 0 Å². The van der Waals surface area contributed by atoms with E-state index in [-0.39, 0.29) is 6.04 Å². The maximum absolute atomic E-state index is 5.84. The summed E-state index contributed by atoms with van der Waals surface area (Å²) in [6.07, 6.45) is 3.03. The molecule has 3 nitrogen and oxygen atoms in total. The van der Waals surface area contributed by atoms with Crippen molar-refractivity contribution >= 4 is 27.3 Å². The summed E-state index contributed by atoms with van der Waals surface area (Å²) in [5.74, 6) is 1.08. The predicted octanol–water partition coefficient (Wildman–Crippen LogP) is 4.12. The minimum Gasteiger partial charge on any atom is -0.493 e. The fourth-order valence-electron chi connectivity index (χ4n) is 2.71. The number of hydrogen-bond acceptors (Lipinski definition) is 4. The van der Waals surface area contributed by atoms with Crippen molar-refractivity contribution in [3.8, 4) is 5.75 Å². The van der Waals surface area contributed by atoms with Crippen LogP contribution in [0.4, 0.5) is 0 Å². The Morgan fingerprint density at radius 1 is 1.48 bits per heavy atom. The molecule has 5 heteroatoms. The third-order valence-electron chi connectivity index (χ3n) is 3.70. The number of rotatable bonds is 6. The summed E-state index contributed by atoms with van der Waals surface area (Å²) in [6.45, 7) is 3.98. The van der Waals surface area contributed by atoms with Crippen molar-refractivity contribution in [2.45, 2.75) is 32.2 Å². The van der Waals surface area contributed by atoms with Gasteiger partial charge in [0.1, 0.15) is 5.75 Å². The molecule has 0 saturated heterocycles. The van der Waals surface area contributed by atoms with Crippen LogP contribution in [0, 0.1) is 0 Å². The lowest BCUT2D eigenvalue weighted by atomic mass is 10.00. The van der Waals surface area contributed by atoms with E-state index in [4.69, 9.17) is 4.74 Å². The van der Waals surface area contributed by atoms with Crippen molar-refractivity contribution in [2.75, 3.05) is 13.2 Å². The van der Waals surface area contributed by atoms with Crippen molar-refractivity contribution in [3.63, 3.8) is 0 Å². The Kier molecular flexibility index (Phi) is 4.93. The van der Waals surface area contributed by atoms with Gasteiger partial charge in [0.2, 0.25) is 0 Å². The first-order chi connectivity index (χ1) is 10.3. The highest BCUT2D eigenvalue weighted by Crippen LogP contribution is 2.35. The van der Waals surface area contributed by atoms with Crippen molar-refractivity contribution in [2.24, 2.45) is 0 Å². The quantitative estimate of drug-likeness (QED) is 0.834. The fraction of sp³-hybridized carbons (Fsp3) is 0.438. The summed E-state index contributed by atoms with van der Waals surface area (Å²) in [5, 5.41) is 5.74. The van der Waals surface area contributed by atoms with Crippen LogP contribution >= 0.6 is 27.3 Å². The molecule has 1 unspecified atom stereocenters. The lowest BCUT2D eigenvalue weighted by Crippen LogP contribution is -2.24. The summed E-state index contributed by atoms with van der Waals surface area (Å²) in [5.41, 5.74) is 5.60. The van der Waals surface area contributed by atoms with Crippen LogP contribution in [0.2, 0.25) is 0 Å². The lowest BCUT2D eigenvalue weighted by Gasteiger charge is -2.18. The van der Waals surface area contributed by atoms with Gasteiger partial charge in [-0.2, -0.15) is 0 Å². The average molecular weight is 367 g/mol. The third-order valence-corrected chi connectivity index (χ3v) is 4.76. The molecule has 112 valence electrons. The number of nitrogens with one attached hydrogen (secondary N) is 1. The molecule has 1 atom stereocenters. The van der Waals surface area contributed by atoms with E-state index in [1.807, 2.05) is 5.51 Å². The Morgan fingerprint density at radius 2 is 2.38 bits per heavy atom. The topological polar surface area (TPSA) is 34.1 Å². The van der Waals surface area contributed by atoms with Crippen LogP contribution in [-0.2, 0) is 12.8 Å². The van der Waals surface area contributed by atoms with E-state index < -0.39 is 0 Å². The molecule has 0 spiro atoms. The van der Waals surface area contributed by atoms with E-state index in [1.54, 1.807) is 11.3 Å².